The molecule has 1 unspecified atom stereocenters. The van der Waals surface area contributed by atoms with Crippen LogP contribution in [0.5, 0.6) is 11.5 Å². The van der Waals surface area contributed by atoms with E-state index in [4.69, 9.17) is 9.47 Å². The standard InChI is InChI=1S/C43H64O4/c1-28(2)13-10-14-29(3)32-20-22-41(8)35-25-30(4)38-39(5,6)36(16-12-21-43(38)27-42(35,43)24-23-40(32,41)7)47-37(45)17-11-15-31-18-19-34(46-9)33(44)26-31/h11,13,15,18-19,26,29-30,32,35-36,38,44H,10,12,14,16-17,20-25,27H2,1-9H3/b15-11+/t29-,30?,32-,35+,36+,38+,40-,41+,42+,43-/m1/s1. The van der Waals surface area contributed by atoms with E-state index in [1.54, 1.807) is 12.1 Å². The van der Waals surface area contributed by atoms with Crippen molar-refractivity contribution < 1.29 is 19.4 Å². The van der Waals surface area contributed by atoms with Crippen LogP contribution in [-0.2, 0) is 9.53 Å². The molecule has 5 fully saturated rings. The Balaban J connectivity index is 1.17. The highest BCUT2D eigenvalue weighted by Crippen LogP contribution is 2.89. The Morgan fingerprint density at radius 1 is 1.04 bits per heavy atom. The van der Waals surface area contributed by atoms with Crippen molar-refractivity contribution in [2.45, 2.75) is 139 Å². The fourth-order valence-electron chi connectivity index (χ4n) is 13.5. The smallest absolute Gasteiger partial charge is 0.309 e. The Hall–Kier alpha value is -2.23. The number of allylic oxidation sites excluding steroid dienone is 2. The van der Waals surface area contributed by atoms with Crippen LogP contribution in [0.4, 0.5) is 0 Å². The number of hydrogen-bond donors (Lipinski definition) is 1. The minimum absolute atomic E-state index is 0.0450. The molecular weight excluding hydrogens is 580 g/mol. The summed E-state index contributed by atoms with van der Waals surface area (Å²) in [5, 5.41) is 10.1. The van der Waals surface area contributed by atoms with E-state index >= 15 is 0 Å². The summed E-state index contributed by atoms with van der Waals surface area (Å²) in [4.78, 5) is 13.3. The van der Waals surface area contributed by atoms with Gasteiger partial charge < -0.3 is 14.6 Å². The molecular formula is C43H64O4. The second-order valence-corrected chi connectivity index (χ2v) is 18.3. The normalized spacial score (nSPS) is 40.7. The molecule has 0 amide bonds. The number of hydrogen-bond acceptors (Lipinski definition) is 4. The van der Waals surface area contributed by atoms with Gasteiger partial charge in [-0.15, -0.1) is 0 Å². The van der Waals surface area contributed by atoms with Gasteiger partial charge in [-0.1, -0.05) is 71.4 Å². The van der Waals surface area contributed by atoms with Gasteiger partial charge in [-0.3, -0.25) is 4.79 Å². The zero-order valence-electron chi connectivity index (χ0n) is 31.1. The van der Waals surface area contributed by atoms with E-state index in [1.165, 1.54) is 70.5 Å². The molecule has 5 aliphatic rings. The van der Waals surface area contributed by atoms with E-state index in [0.717, 1.165) is 36.2 Å². The molecule has 0 radical (unpaired) electrons. The van der Waals surface area contributed by atoms with Crippen LogP contribution in [0.1, 0.15) is 138 Å². The molecule has 0 bridgehead atoms. The van der Waals surface area contributed by atoms with Crippen LogP contribution in [0.25, 0.3) is 6.08 Å². The average Bonchev–Trinajstić information content (AvgIpc) is 3.59. The number of esters is 1. The Labute approximate surface area is 286 Å². The monoisotopic (exact) mass is 644 g/mol. The van der Waals surface area contributed by atoms with E-state index in [2.05, 4.69) is 61.5 Å². The highest BCUT2D eigenvalue weighted by Gasteiger charge is 2.82. The summed E-state index contributed by atoms with van der Waals surface area (Å²) < 4.78 is 11.6. The minimum atomic E-state index is -0.142. The Morgan fingerprint density at radius 3 is 2.51 bits per heavy atom. The lowest BCUT2D eigenvalue weighted by Crippen LogP contribution is -2.57. The molecule has 47 heavy (non-hydrogen) atoms. The highest BCUT2D eigenvalue weighted by atomic mass is 16.5. The largest absolute Gasteiger partial charge is 0.504 e. The van der Waals surface area contributed by atoms with Crippen molar-refractivity contribution in [2.24, 2.45) is 56.7 Å². The Morgan fingerprint density at radius 2 is 1.81 bits per heavy atom. The van der Waals surface area contributed by atoms with Crippen LogP contribution in [0.2, 0.25) is 0 Å². The maximum Gasteiger partial charge on any atom is 0.309 e. The van der Waals surface area contributed by atoms with Gasteiger partial charge in [0.25, 0.3) is 0 Å². The van der Waals surface area contributed by atoms with Crippen molar-refractivity contribution in [1.82, 2.24) is 0 Å². The molecule has 0 saturated heterocycles. The maximum atomic E-state index is 13.3. The predicted molar refractivity (Wildman–Crippen MR) is 192 cm³/mol. The zero-order chi connectivity index (χ0) is 34.0. The number of rotatable bonds is 9. The molecule has 4 heteroatoms. The van der Waals surface area contributed by atoms with Crippen LogP contribution < -0.4 is 4.74 Å². The zero-order valence-corrected chi connectivity index (χ0v) is 31.1. The molecule has 1 N–H and O–H groups in total. The van der Waals surface area contributed by atoms with Crippen molar-refractivity contribution in [1.29, 1.82) is 0 Å². The third-order valence-corrected chi connectivity index (χ3v) is 15.5. The predicted octanol–water partition coefficient (Wildman–Crippen LogP) is 11.2. The second-order valence-electron chi connectivity index (χ2n) is 18.3. The van der Waals surface area contributed by atoms with Crippen molar-refractivity contribution >= 4 is 12.0 Å². The fraction of sp³-hybridized carbons (Fsp3) is 0.744. The van der Waals surface area contributed by atoms with E-state index in [-0.39, 0.29) is 29.7 Å². The SMILES string of the molecule is COc1ccc(/C=C/CC(=O)O[C@H]2CCC[C@]34C[C@]35CC[C@]3(C)[C@@H]([C@H](C)CCC=C(C)C)CC[C@@]3(C)[C@@H]5CC(C)[C@H]4C2(C)C)cc1O. The summed E-state index contributed by atoms with van der Waals surface area (Å²) >= 11 is 0. The highest BCUT2D eigenvalue weighted by molar-refractivity contribution is 5.73. The molecule has 0 aliphatic heterocycles. The van der Waals surface area contributed by atoms with Crippen LogP contribution in [0.3, 0.4) is 0 Å². The first-order chi connectivity index (χ1) is 22.1. The molecule has 6 rings (SSSR count). The first-order valence-corrected chi connectivity index (χ1v) is 19.0. The van der Waals surface area contributed by atoms with Crippen molar-refractivity contribution in [3.05, 3.63) is 41.5 Å². The number of phenolic OH excluding ortho intramolecular Hbond substituents is 1. The van der Waals surface area contributed by atoms with Gasteiger partial charge in [0.2, 0.25) is 0 Å². The molecule has 1 aromatic rings. The second kappa shape index (κ2) is 12.3. The number of phenols is 1. The van der Waals surface area contributed by atoms with Gasteiger partial charge in [0.15, 0.2) is 11.5 Å². The number of methoxy groups -OCH3 is 1. The molecule has 260 valence electrons. The van der Waals surface area contributed by atoms with Gasteiger partial charge in [-0.05, 0) is 153 Å². The van der Waals surface area contributed by atoms with Crippen LogP contribution >= 0.6 is 0 Å². The Bertz CT molecular complexity index is 1400. The number of ether oxygens (including phenoxy) is 2. The van der Waals surface area contributed by atoms with E-state index in [1.807, 2.05) is 18.2 Å². The van der Waals surface area contributed by atoms with Gasteiger partial charge in [0.05, 0.1) is 13.5 Å². The Kier molecular flexibility index (Phi) is 9.04. The van der Waals surface area contributed by atoms with Crippen LogP contribution in [0.15, 0.2) is 35.9 Å². The summed E-state index contributed by atoms with van der Waals surface area (Å²) in [5.74, 6) is 4.10. The van der Waals surface area contributed by atoms with E-state index in [9.17, 15) is 9.90 Å². The average molecular weight is 645 g/mol. The lowest BCUT2D eigenvalue weighted by atomic mass is 9.41. The van der Waals surface area contributed by atoms with Crippen molar-refractivity contribution in [3.63, 3.8) is 0 Å². The number of benzene rings is 1. The molecule has 1 aromatic carbocycles. The van der Waals surface area contributed by atoms with Crippen LogP contribution in [-0.4, -0.2) is 24.3 Å². The van der Waals surface area contributed by atoms with Gasteiger partial charge in [-0.2, -0.15) is 0 Å². The topological polar surface area (TPSA) is 55.8 Å². The number of carbonyl (C=O) groups excluding carboxylic acids is 1. The van der Waals surface area contributed by atoms with Gasteiger partial charge in [0.1, 0.15) is 6.10 Å². The summed E-state index contributed by atoms with van der Waals surface area (Å²) in [7, 11) is 1.54. The minimum Gasteiger partial charge on any atom is -0.504 e. The van der Waals surface area contributed by atoms with Gasteiger partial charge in [0, 0.05) is 5.41 Å². The summed E-state index contributed by atoms with van der Waals surface area (Å²) in [6.07, 6.45) is 20.8. The summed E-state index contributed by atoms with van der Waals surface area (Å²) in [5.41, 5.74) is 4.01. The molecule has 0 heterocycles. The van der Waals surface area contributed by atoms with Crippen molar-refractivity contribution in [2.75, 3.05) is 7.11 Å². The lowest BCUT2D eigenvalue weighted by molar-refractivity contribution is -0.172. The quantitative estimate of drug-likeness (QED) is 0.215. The van der Waals surface area contributed by atoms with Gasteiger partial charge >= 0.3 is 5.97 Å². The lowest BCUT2D eigenvalue weighted by Gasteiger charge is -2.63. The summed E-state index contributed by atoms with van der Waals surface area (Å²) in [6.45, 7) is 20.0. The fourth-order valence-corrected chi connectivity index (χ4v) is 13.5. The third-order valence-electron chi connectivity index (χ3n) is 15.5. The molecule has 10 atom stereocenters. The number of carbonyl (C=O) groups is 1. The molecule has 0 aromatic heterocycles. The number of aromatic hydroxyl groups is 1. The molecule has 2 spiro atoms. The summed E-state index contributed by atoms with van der Waals surface area (Å²) in [6, 6.07) is 5.28. The molecule has 5 aliphatic carbocycles. The maximum absolute atomic E-state index is 13.3. The van der Waals surface area contributed by atoms with Crippen molar-refractivity contribution in [3.8, 4) is 11.5 Å². The van der Waals surface area contributed by atoms with E-state index in [0.29, 0.717) is 39.2 Å². The molecule has 5 saturated carbocycles. The van der Waals surface area contributed by atoms with Gasteiger partial charge in [-0.25, -0.2) is 0 Å². The van der Waals surface area contributed by atoms with Crippen LogP contribution in [0, 0.1) is 56.7 Å². The van der Waals surface area contributed by atoms with E-state index < -0.39 is 0 Å². The third kappa shape index (κ3) is 5.41. The first-order valence-electron chi connectivity index (χ1n) is 19.0. The number of fused-ring (bicyclic) bond motifs is 2. The molecule has 4 nitrogen and oxygen atoms in total. The first kappa shape index (κ1) is 34.6.